The Balaban J connectivity index is 2.92. The van der Waals surface area contributed by atoms with E-state index in [0.29, 0.717) is 0 Å². The normalized spacial score (nSPS) is 12.8. The van der Waals surface area contributed by atoms with Gasteiger partial charge in [-0.1, -0.05) is 24.3 Å². The highest BCUT2D eigenvalue weighted by atomic mass is 16.5. The first kappa shape index (κ1) is 15.2. The topological polar surface area (TPSA) is 18.5 Å². The quantitative estimate of drug-likeness (QED) is 0.752. The maximum absolute atomic E-state index is 5.76. The van der Waals surface area contributed by atoms with Crippen LogP contribution in [0.4, 0.5) is 0 Å². The van der Waals surface area contributed by atoms with E-state index in [1.165, 1.54) is 11.1 Å². The van der Waals surface area contributed by atoms with Gasteiger partial charge in [0.2, 0.25) is 0 Å². The minimum atomic E-state index is -0.233. The number of ether oxygens (including phenoxy) is 2. The third-order valence-electron chi connectivity index (χ3n) is 3.29. The molecule has 2 nitrogen and oxygen atoms in total. The Morgan fingerprint density at radius 1 is 0.722 bits per heavy atom. The van der Waals surface area contributed by atoms with Crippen LogP contribution in [0.1, 0.15) is 52.7 Å². The Kier molecular flexibility index (Phi) is 4.94. The van der Waals surface area contributed by atoms with Gasteiger partial charge >= 0.3 is 0 Å². The summed E-state index contributed by atoms with van der Waals surface area (Å²) in [7, 11) is 0. The second-order valence-electron chi connectivity index (χ2n) is 5.46. The number of hydrogen-bond acceptors (Lipinski definition) is 2. The fourth-order valence-corrected chi connectivity index (χ4v) is 2.16. The van der Waals surface area contributed by atoms with E-state index >= 15 is 0 Å². The van der Waals surface area contributed by atoms with Gasteiger partial charge < -0.3 is 9.47 Å². The van der Waals surface area contributed by atoms with Crippen molar-refractivity contribution in [3.63, 3.8) is 0 Å². The third kappa shape index (κ3) is 3.56. The third-order valence-corrected chi connectivity index (χ3v) is 3.29. The van der Waals surface area contributed by atoms with Crippen LogP contribution in [-0.4, -0.2) is 13.2 Å². The monoisotopic (exact) mass is 250 g/mol. The highest BCUT2D eigenvalue weighted by Crippen LogP contribution is 2.29. The highest BCUT2D eigenvalue weighted by Gasteiger charge is 2.23. The molecule has 0 spiro atoms. The zero-order valence-corrected chi connectivity index (χ0v) is 12.5. The summed E-state index contributed by atoms with van der Waals surface area (Å²) in [6.45, 7) is 13.9. The van der Waals surface area contributed by atoms with E-state index < -0.39 is 0 Å². The molecule has 0 bridgehead atoms. The van der Waals surface area contributed by atoms with Crippen molar-refractivity contribution in [1.82, 2.24) is 0 Å². The molecule has 0 aliphatic rings. The van der Waals surface area contributed by atoms with Crippen LogP contribution < -0.4 is 0 Å². The first-order chi connectivity index (χ1) is 8.33. The Morgan fingerprint density at radius 2 is 1.00 bits per heavy atom. The first-order valence-electron chi connectivity index (χ1n) is 6.72. The fraction of sp³-hybridized carbons (Fsp3) is 0.625. The van der Waals surface area contributed by atoms with Crippen LogP contribution in [0.3, 0.4) is 0 Å². The predicted octanol–water partition coefficient (Wildman–Crippen LogP) is 4.23. The maximum Gasteiger partial charge on any atom is 0.0875 e. The molecule has 0 saturated carbocycles. The molecule has 1 aromatic carbocycles. The Bertz CT molecular complexity index is 326. The summed E-state index contributed by atoms with van der Waals surface area (Å²) in [5.41, 5.74) is 1.92. The van der Waals surface area contributed by atoms with Crippen molar-refractivity contribution in [2.75, 3.05) is 13.2 Å². The van der Waals surface area contributed by atoms with Crippen LogP contribution in [0.5, 0.6) is 0 Å². The van der Waals surface area contributed by atoms with E-state index in [9.17, 15) is 0 Å². The largest absolute Gasteiger partial charge is 0.371 e. The molecule has 0 heterocycles. The Labute approximate surface area is 111 Å². The SMILES string of the molecule is CCOC(C)(C)c1ccc(C(C)(C)OCC)cc1. The zero-order chi connectivity index (χ0) is 13.8. The summed E-state index contributed by atoms with van der Waals surface area (Å²) < 4.78 is 11.5. The van der Waals surface area contributed by atoms with Gasteiger partial charge in [-0.3, -0.25) is 0 Å². The van der Waals surface area contributed by atoms with E-state index in [2.05, 4.69) is 52.0 Å². The van der Waals surface area contributed by atoms with Gasteiger partial charge in [-0.05, 0) is 52.7 Å². The highest BCUT2D eigenvalue weighted by molar-refractivity contribution is 5.29. The summed E-state index contributed by atoms with van der Waals surface area (Å²) in [5, 5.41) is 0. The number of benzene rings is 1. The lowest BCUT2D eigenvalue weighted by atomic mass is 9.92. The summed E-state index contributed by atoms with van der Waals surface area (Å²) in [4.78, 5) is 0. The lowest BCUT2D eigenvalue weighted by Crippen LogP contribution is -2.24. The van der Waals surface area contributed by atoms with Crippen LogP contribution >= 0.6 is 0 Å². The lowest BCUT2D eigenvalue weighted by Gasteiger charge is -2.28. The maximum atomic E-state index is 5.76. The second-order valence-corrected chi connectivity index (χ2v) is 5.46. The number of hydrogen-bond donors (Lipinski definition) is 0. The minimum Gasteiger partial charge on any atom is -0.371 e. The molecule has 0 N–H and O–H groups in total. The van der Waals surface area contributed by atoms with Crippen molar-refractivity contribution in [2.45, 2.75) is 52.7 Å². The van der Waals surface area contributed by atoms with Crippen LogP contribution in [0.15, 0.2) is 24.3 Å². The van der Waals surface area contributed by atoms with Gasteiger partial charge in [0.1, 0.15) is 0 Å². The molecule has 0 saturated heterocycles. The zero-order valence-electron chi connectivity index (χ0n) is 12.5. The van der Waals surface area contributed by atoms with Crippen LogP contribution in [-0.2, 0) is 20.7 Å². The molecule has 0 atom stereocenters. The molecule has 0 unspecified atom stereocenters. The molecular formula is C16H26O2. The molecule has 2 heteroatoms. The summed E-state index contributed by atoms with van der Waals surface area (Å²) in [5.74, 6) is 0. The van der Waals surface area contributed by atoms with Gasteiger partial charge in [-0.2, -0.15) is 0 Å². The molecule has 0 aliphatic carbocycles. The second kappa shape index (κ2) is 5.85. The van der Waals surface area contributed by atoms with Gasteiger partial charge in [0, 0.05) is 13.2 Å². The summed E-state index contributed by atoms with van der Waals surface area (Å²) >= 11 is 0. The standard InChI is InChI=1S/C16H26O2/c1-7-17-15(3,4)13-9-11-14(12-10-13)16(5,6)18-8-2/h9-12H,7-8H2,1-6H3. The minimum absolute atomic E-state index is 0.233. The van der Waals surface area contributed by atoms with Crippen LogP contribution in [0.25, 0.3) is 0 Å². The van der Waals surface area contributed by atoms with Gasteiger partial charge in [-0.25, -0.2) is 0 Å². The van der Waals surface area contributed by atoms with Crippen LogP contribution in [0.2, 0.25) is 0 Å². The summed E-state index contributed by atoms with van der Waals surface area (Å²) in [6, 6.07) is 8.52. The van der Waals surface area contributed by atoms with E-state index in [0.717, 1.165) is 13.2 Å². The Morgan fingerprint density at radius 3 is 1.22 bits per heavy atom. The average Bonchev–Trinajstić information content (AvgIpc) is 2.29. The molecule has 0 radical (unpaired) electrons. The first-order valence-corrected chi connectivity index (χ1v) is 6.72. The smallest absolute Gasteiger partial charge is 0.0875 e. The van der Waals surface area contributed by atoms with E-state index in [-0.39, 0.29) is 11.2 Å². The molecule has 1 rings (SSSR count). The van der Waals surface area contributed by atoms with Gasteiger partial charge in [0.25, 0.3) is 0 Å². The van der Waals surface area contributed by atoms with Crippen LogP contribution in [0, 0.1) is 0 Å². The average molecular weight is 250 g/mol. The molecule has 18 heavy (non-hydrogen) atoms. The van der Waals surface area contributed by atoms with Gasteiger partial charge in [-0.15, -0.1) is 0 Å². The number of rotatable bonds is 6. The predicted molar refractivity (Wildman–Crippen MR) is 75.7 cm³/mol. The Hall–Kier alpha value is -0.860. The van der Waals surface area contributed by atoms with Crippen molar-refractivity contribution in [2.24, 2.45) is 0 Å². The van der Waals surface area contributed by atoms with Crippen molar-refractivity contribution < 1.29 is 9.47 Å². The molecule has 0 amide bonds. The molecular weight excluding hydrogens is 224 g/mol. The van der Waals surface area contributed by atoms with Crippen molar-refractivity contribution in [1.29, 1.82) is 0 Å². The lowest BCUT2D eigenvalue weighted by molar-refractivity contribution is -0.0169. The van der Waals surface area contributed by atoms with E-state index in [1.54, 1.807) is 0 Å². The van der Waals surface area contributed by atoms with Gasteiger partial charge in [0.15, 0.2) is 0 Å². The van der Waals surface area contributed by atoms with E-state index in [4.69, 9.17) is 9.47 Å². The molecule has 102 valence electrons. The fourth-order valence-electron chi connectivity index (χ4n) is 2.16. The van der Waals surface area contributed by atoms with Crippen molar-refractivity contribution in [3.05, 3.63) is 35.4 Å². The van der Waals surface area contributed by atoms with Gasteiger partial charge in [0.05, 0.1) is 11.2 Å². The molecule has 0 aromatic heterocycles. The summed E-state index contributed by atoms with van der Waals surface area (Å²) in [6.07, 6.45) is 0. The molecule has 0 aliphatic heterocycles. The van der Waals surface area contributed by atoms with Crippen molar-refractivity contribution >= 4 is 0 Å². The van der Waals surface area contributed by atoms with Crippen molar-refractivity contribution in [3.8, 4) is 0 Å². The molecule has 0 fully saturated rings. The molecule has 1 aromatic rings. The van der Waals surface area contributed by atoms with E-state index in [1.807, 2.05) is 13.8 Å².